The van der Waals surface area contributed by atoms with Gasteiger partial charge in [0.2, 0.25) is 5.95 Å². The molecular weight excluding hydrogens is 290 g/mol. The van der Waals surface area contributed by atoms with Crippen LogP contribution < -0.4 is 5.32 Å². The molecule has 0 atom stereocenters. The predicted molar refractivity (Wildman–Crippen MR) is 85.8 cm³/mol. The number of anilines is 1. The number of hydrogen-bond acceptors (Lipinski definition) is 6. The quantitative estimate of drug-likeness (QED) is 0.779. The molecule has 3 aromatic heterocycles. The predicted octanol–water partition coefficient (Wildman–Crippen LogP) is 3.32. The summed E-state index contributed by atoms with van der Waals surface area (Å²) < 4.78 is 5.38. The van der Waals surface area contributed by atoms with Gasteiger partial charge in [0.15, 0.2) is 5.76 Å². The number of aromatic nitrogens is 4. The number of pyridine rings is 1. The van der Waals surface area contributed by atoms with Gasteiger partial charge in [0.25, 0.3) is 0 Å². The first kappa shape index (κ1) is 13.9. The molecule has 6 heteroatoms. The fourth-order valence-corrected chi connectivity index (χ4v) is 2.50. The summed E-state index contributed by atoms with van der Waals surface area (Å²) in [5.74, 6) is 1.85. The van der Waals surface area contributed by atoms with Crippen molar-refractivity contribution in [1.29, 1.82) is 0 Å². The van der Waals surface area contributed by atoms with Gasteiger partial charge in [0.1, 0.15) is 0 Å². The highest BCUT2D eigenvalue weighted by Gasteiger charge is 2.29. The van der Waals surface area contributed by atoms with Crippen LogP contribution in [0.15, 0.2) is 41.2 Å². The van der Waals surface area contributed by atoms with Crippen LogP contribution in [0.5, 0.6) is 0 Å². The fourth-order valence-electron chi connectivity index (χ4n) is 2.50. The van der Waals surface area contributed by atoms with Gasteiger partial charge in [-0.1, -0.05) is 11.2 Å². The first-order valence-electron chi connectivity index (χ1n) is 7.74. The summed E-state index contributed by atoms with van der Waals surface area (Å²) >= 11 is 0. The van der Waals surface area contributed by atoms with Crippen LogP contribution in [0, 0.1) is 6.92 Å². The molecule has 1 aliphatic carbocycles. The van der Waals surface area contributed by atoms with E-state index in [0.29, 0.717) is 18.4 Å². The average Bonchev–Trinajstić information content (AvgIpc) is 3.35. The average molecular weight is 307 g/mol. The highest BCUT2D eigenvalue weighted by molar-refractivity contribution is 5.61. The smallest absolute Gasteiger partial charge is 0.223 e. The number of aryl methyl sites for hydroxylation is 1. The SMILES string of the molecule is Cc1cc(-c2cnc(NCc3ccccn3)nc2C2CC2)on1. The van der Waals surface area contributed by atoms with Crippen molar-refractivity contribution in [2.45, 2.75) is 32.2 Å². The van der Waals surface area contributed by atoms with E-state index in [-0.39, 0.29) is 0 Å². The highest BCUT2D eigenvalue weighted by atomic mass is 16.5. The van der Waals surface area contributed by atoms with Crippen LogP contribution in [0.3, 0.4) is 0 Å². The van der Waals surface area contributed by atoms with Gasteiger partial charge in [0, 0.05) is 24.4 Å². The second-order valence-corrected chi connectivity index (χ2v) is 5.77. The van der Waals surface area contributed by atoms with E-state index < -0.39 is 0 Å². The highest BCUT2D eigenvalue weighted by Crippen LogP contribution is 2.43. The molecule has 3 heterocycles. The third-order valence-corrected chi connectivity index (χ3v) is 3.83. The Morgan fingerprint density at radius 1 is 1.26 bits per heavy atom. The van der Waals surface area contributed by atoms with Crippen LogP contribution in [-0.2, 0) is 6.54 Å². The van der Waals surface area contributed by atoms with Crippen molar-refractivity contribution in [3.8, 4) is 11.3 Å². The Morgan fingerprint density at radius 2 is 2.17 bits per heavy atom. The summed E-state index contributed by atoms with van der Waals surface area (Å²) in [6, 6.07) is 7.77. The first-order valence-corrected chi connectivity index (χ1v) is 7.74. The van der Waals surface area contributed by atoms with E-state index in [4.69, 9.17) is 9.51 Å². The molecular formula is C17H17N5O. The Labute approximate surface area is 134 Å². The van der Waals surface area contributed by atoms with E-state index in [1.807, 2.05) is 37.4 Å². The molecule has 0 bridgehead atoms. The maximum absolute atomic E-state index is 5.38. The van der Waals surface area contributed by atoms with Crippen LogP contribution in [0.2, 0.25) is 0 Å². The van der Waals surface area contributed by atoms with Crippen molar-refractivity contribution in [2.75, 3.05) is 5.32 Å². The van der Waals surface area contributed by atoms with Crippen LogP contribution in [0.4, 0.5) is 5.95 Å². The summed E-state index contributed by atoms with van der Waals surface area (Å²) in [5.41, 5.74) is 3.80. The van der Waals surface area contributed by atoms with Gasteiger partial charge in [-0.25, -0.2) is 9.97 Å². The van der Waals surface area contributed by atoms with Gasteiger partial charge in [-0.3, -0.25) is 4.98 Å². The number of nitrogens with one attached hydrogen (secondary N) is 1. The fraction of sp³-hybridized carbons (Fsp3) is 0.294. The zero-order valence-electron chi connectivity index (χ0n) is 12.9. The summed E-state index contributed by atoms with van der Waals surface area (Å²) in [6.07, 6.45) is 5.93. The van der Waals surface area contributed by atoms with E-state index in [0.717, 1.165) is 41.2 Å². The Balaban J connectivity index is 1.59. The normalized spacial score (nSPS) is 14.0. The molecule has 1 N–H and O–H groups in total. The van der Waals surface area contributed by atoms with Crippen LogP contribution in [0.25, 0.3) is 11.3 Å². The molecule has 0 spiro atoms. The number of rotatable bonds is 5. The van der Waals surface area contributed by atoms with E-state index in [1.54, 1.807) is 6.20 Å². The molecule has 116 valence electrons. The van der Waals surface area contributed by atoms with Gasteiger partial charge in [-0.2, -0.15) is 0 Å². The standard InChI is InChI=1S/C17H17N5O/c1-11-8-15(23-22-11)14-10-20-17(21-16(14)12-5-6-12)19-9-13-4-2-3-7-18-13/h2-4,7-8,10,12H,5-6,9H2,1H3,(H,19,20,21). The van der Waals surface area contributed by atoms with Gasteiger partial charge in [0.05, 0.1) is 29.2 Å². The molecule has 3 aromatic rings. The monoisotopic (exact) mass is 307 g/mol. The molecule has 4 rings (SSSR count). The summed E-state index contributed by atoms with van der Waals surface area (Å²) in [7, 11) is 0. The second kappa shape index (κ2) is 5.79. The molecule has 1 fully saturated rings. The van der Waals surface area contributed by atoms with E-state index in [1.165, 1.54) is 0 Å². The molecule has 0 radical (unpaired) electrons. The molecule has 6 nitrogen and oxygen atoms in total. The Kier molecular flexibility index (Phi) is 3.49. The molecule has 1 aliphatic rings. The van der Waals surface area contributed by atoms with E-state index >= 15 is 0 Å². The topological polar surface area (TPSA) is 76.7 Å². The van der Waals surface area contributed by atoms with Crippen LogP contribution in [0.1, 0.15) is 35.8 Å². The van der Waals surface area contributed by atoms with Crippen LogP contribution >= 0.6 is 0 Å². The second-order valence-electron chi connectivity index (χ2n) is 5.77. The van der Waals surface area contributed by atoms with Crippen molar-refractivity contribution in [2.24, 2.45) is 0 Å². The molecule has 0 unspecified atom stereocenters. The summed E-state index contributed by atoms with van der Waals surface area (Å²) in [4.78, 5) is 13.4. The zero-order chi connectivity index (χ0) is 15.6. The molecule has 0 amide bonds. The lowest BCUT2D eigenvalue weighted by atomic mass is 10.1. The van der Waals surface area contributed by atoms with Crippen molar-refractivity contribution >= 4 is 5.95 Å². The summed E-state index contributed by atoms with van der Waals surface area (Å²) in [6.45, 7) is 2.51. The molecule has 0 saturated heterocycles. The molecule has 0 aliphatic heterocycles. The zero-order valence-corrected chi connectivity index (χ0v) is 12.9. The third-order valence-electron chi connectivity index (χ3n) is 3.83. The number of nitrogens with zero attached hydrogens (tertiary/aromatic N) is 4. The van der Waals surface area contributed by atoms with Gasteiger partial charge >= 0.3 is 0 Å². The lowest BCUT2D eigenvalue weighted by Crippen LogP contribution is -2.06. The van der Waals surface area contributed by atoms with E-state index in [2.05, 4.69) is 20.4 Å². The van der Waals surface area contributed by atoms with E-state index in [9.17, 15) is 0 Å². The lowest BCUT2D eigenvalue weighted by Gasteiger charge is -2.09. The minimum Gasteiger partial charge on any atom is -0.356 e. The van der Waals surface area contributed by atoms with Crippen molar-refractivity contribution in [3.63, 3.8) is 0 Å². The van der Waals surface area contributed by atoms with Crippen molar-refractivity contribution in [1.82, 2.24) is 20.1 Å². The third kappa shape index (κ3) is 3.06. The number of hydrogen-bond donors (Lipinski definition) is 1. The summed E-state index contributed by atoms with van der Waals surface area (Å²) in [5, 5.41) is 7.19. The van der Waals surface area contributed by atoms with Crippen LogP contribution in [-0.4, -0.2) is 20.1 Å². The van der Waals surface area contributed by atoms with Gasteiger partial charge in [-0.05, 0) is 31.9 Å². The Bertz CT molecular complexity index is 811. The molecule has 23 heavy (non-hydrogen) atoms. The molecule has 0 aromatic carbocycles. The Morgan fingerprint density at radius 3 is 2.87 bits per heavy atom. The van der Waals surface area contributed by atoms with Crippen molar-refractivity contribution in [3.05, 3.63) is 53.7 Å². The lowest BCUT2D eigenvalue weighted by molar-refractivity contribution is 0.426. The first-order chi connectivity index (χ1) is 11.3. The largest absolute Gasteiger partial charge is 0.356 e. The Hall–Kier alpha value is -2.76. The van der Waals surface area contributed by atoms with Crippen molar-refractivity contribution < 1.29 is 4.52 Å². The minimum atomic E-state index is 0.494. The van der Waals surface area contributed by atoms with Gasteiger partial charge < -0.3 is 9.84 Å². The van der Waals surface area contributed by atoms with Gasteiger partial charge in [-0.15, -0.1) is 0 Å². The maximum atomic E-state index is 5.38. The maximum Gasteiger partial charge on any atom is 0.223 e. The minimum absolute atomic E-state index is 0.494. The molecule has 1 saturated carbocycles.